The summed E-state index contributed by atoms with van der Waals surface area (Å²) in [5.74, 6) is -1.25. The largest absolute Gasteiger partial charge is 0.493 e. The second-order valence-corrected chi connectivity index (χ2v) is 7.01. The van der Waals surface area contributed by atoms with E-state index in [2.05, 4.69) is 0 Å². The molecule has 5 nitrogen and oxygen atoms in total. The van der Waals surface area contributed by atoms with Gasteiger partial charge in [-0.25, -0.2) is 8.78 Å². The first-order valence-corrected chi connectivity index (χ1v) is 9.66. The Hall–Kier alpha value is -2.96. The van der Waals surface area contributed by atoms with Gasteiger partial charge in [0.1, 0.15) is 17.4 Å². The Morgan fingerprint density at radius 2 is 1.69 bits per heavy atom. The lowest BCUT2D eigenvalue weighted by Crippen LogP contribution is -2.50. The molecule has 0 saturated carbocycles. The maximum absolute atomic E-state index is 13.8. The van der Waals surface area contributed by atoms with Gasteiger partial charge in [-0.2, -0.15) is 0 Å². The molecule has 29 heavy (non-hydrogen) atoms. The summed E-state index contributed by atoms with van der Waals surface area (Å²) in [6.45, 7) is 3.86. The number of nitrogens with zero attached hydrogens (tertiary/aromatic N) is 2. The molecule has 1 saturated heterocycles. The number of halogens is 2. The molecule has 3 rings (SSSR count). The number of carbonyl (C=O) groups excluding carboxylic acids is 2. The fraction of sp³-hybridized carbons (Fsp3) is 0.364. The summed E-state index contributed by atoms with van der Waals surface area (Å²) >= 11 is 0. The lowest BCUT2D eigenvalue weighted by atomic mass is 10.1. The normalized spacial score (nSPS) is 14.0. The Kier molecular flexibility index (Phi) is 6.80. The highest BCUT2D eigenvalue weighted by Crippen LogP contribution is 2.17. The standard InChI is InChI=1S/C22H24F2N2O3/c1-16-5-2-3-6-20(16)29-14-4-7-21(27)25-10-12-26(13-11-25)22(28)18-9-8-17(23)15-19(18)24/h2-3,5-6,8-9,15H,4,7,10-14H2,1H3. The van der Waals surface area contributed by atoms with Gasteiger partial charge in [0.15, 0.2) is 0 Å². The molecule has 1 aliphatic heterocycles. The van der Waals surface area contributed by atoms with Crippen LogP contribution in [0.4, 0.5) is 8.78 Å². The van der Waals surface area contributed by atoms with Crippen molar-refractivity contribution < 1.29 is 23.1 Å². The van der Waals surface area contributed by atoms with E-state index in [1.165, 1.54) is 4.90 Å². The molecule has 2 amide bonds. The zero-order valence-corrected chi connectivity index (χ0v) is 16.4. The summed E-state index contributed by atoms with van der Waals surface area (Å²) in [6.07, 6.45) is 0.972. The van der Waals surface area contributed by atoms with Gasteiger partial charge in [-0.05, 0) is 37.1 Å². The van der Waals surface area contributed by atoms with Crippen LogP contribution in [-0.4, -0.2) is 54.4 Å². The third-order valence-corrected chi connectivity index (χ3v) is 4.97. The SMILES string of the molecule is Cc1ccccc1OCCCC(=O)N1CCN(C(=O)c2ccc(F)cc2F)CC1. The van der Waals surface area contributed by atoms with Crippen molar-refractivity contribution >= 4 is 11.8 Å². The quantitative estimate of drug-likeness (QED) is 0.696. The zero-order chi connectivity index (χ0) is 20.8. The Morgan fingerprint density at radius 3 is 2.38 bits per heavy atom. The number of para-hydroxylation sites is 1. The molecule has 0 spiro atoms. The molecule has 154 valence electrons. The van der Waals surface area contributed by atoms with E-state index in [-0.39, 0.29) is 11.5 Å². The third kappa shape index (κ3) is 5.31. The summed E-state index contributed by atoms with van der Waals surface area (Å²) in [4.78, 5) is 28.0. The van der Waals surface area contributed by atoms with Crippen LogP contribution in [0, 0.1) is 18.6 Å². The number of piperazine rings is 1. The van der Waals surface area contributed by atoms with E-state index in [0.29, 0.717) is 51.7 Å². The van der Waals surface area contributed by atoms with Crippen LogP contribution in [0.25, 0.3) is 0 Å². The van der Waals surface area contributed by atoms with Gasteiger partial charge in [-0.15, -0.1) is 0 Å². The molecule has 1 heterocycles. The van der Waals surface area contributed by atoms with Crippen molar-refractivity contribution in [1.82, 2.24) is 9.80 Å². The second kappa shape index (κ2) is 9.49. The molecule has 0 radical (unpaired) electrons. The first-order valence-electron chi connectivity index (χ1n) is 9.66. The maximum Gasteiger partial charge on any atom is 0.256 e. The molecule has 1 aliphatic rings. The van der Waals surface area contributed by atoms with Crippen molar-refractivity contribution in [2.24, 2.45) is 0 Å². The lowest BCUT2D eigenvalue weighted by molar-refractivity contribution is -0.132. The van der Waals surface area contributed by atoms with E-state index in [9.17, 15) is 18.4 Å². The minimum atomic E-state index is -0.873. The maximum atomic E-state index is 13.8. The summed E-state index contributed by atoms with van der Waals surface area (Å²) in [5, 5.41) is 0. The Balaban J connectivity index is 1.42. The molecule has 1 fully saturated rings. The number of amides is 2. The van der Waals surface area contributed by atoms with Gasteiger partial charge in [0.25, 0.3) is 5.91 Å². The van der Waals surface area contributed by atoms with Crippen LogP contribution in [0.15, 0.2) is 42.5 Å². The van der Waals surface area contributed by atoms with Crippen molar-refractivity contribution in [3.05, 3.63) is 65.2 Å². The van der Waals surface area contributed by atoms with Gasteiger partial charge in [0.05, 0.1) is 12.2 Å². The van der Waals surface area contributed by atoms with Crippen LogP contribution in [0.5, 0.6) is 5.75 Å². The summed E-state index contributed by atoms with van der Waals surface area (Å²) in [7, 11) is 0. The van der Waals surface area contributed by atoms with Crippen LogP contribution in [0.1, 0.15) is 28.8 Å². The van der Waals surface area contributed by atoms with E-state index < -0.39 is 17.5 Å². The van der Waals surface area contributed by atoms with E-state index in [4.69, 9.17) is 4.74 Å². The monoisotopic (exact) mass is 402 g/mol. The zero-order valence-electron chi connectivity index (χ0n) is 16.4. The van der Waals surface area contributed by atoms with Gasteiger partial charge in [-0.1, -0.05) is 18.2 Å². The van der Waals surface area contributed by atoms with E-state index in [0.717, 1.165) is 23.4 Å². The molecule has 0 atom stereocenters. The van der Waals surface area contributed by atoms with Crippen LogP contribution < -0.4 is 4.74 Å². The van der Waals surface area contributed by atoms with Crippen molar-refractivity contribution in [1.29, 1.82) is 0 Å². The van der Waals surface area contributed by atoms with E-state index in [1.807, 2.05) is 31.2 Å². The highest BCUT2D eigenvalue weighted by atomic mass is 19.1. The number of hydrogen-bond acceptors (Lipinski definition) is 3. The third-order valence-electron chi connectivity index (χ3n) is 4.97. The lowest BCUT2D eigenvalue weighted by Gasteiger charge is -2.35. The van der Waals surface area contributed by atoms with Crippen molar-refractivity contribution in [3.8, 4) is 5.75 Å². The number of hydrogen-bond donors (Lipinski definition) is 0. The molecular weight excluding hydrogens is 378 g/mol. The Morgan fingerprint density at radius 1 is 1.00 bits per heavy atom. The van der Waals surface area contributed by atoms with Crippen molar-refractivity contribution in [2.45, 2.75) is 19.8 Å². The molecule has 7 heteroatoms. The molecule has 0 unspecified atom stereocenters. The van der Waals surface area contributed by atoms with E-state index >= 15 is 0 Å². The average Bonchev–Trinajstić information content (AvgIpc) is 2.72. The number of ether oxygens (including phenoxy) is 1. The van der Waals surface area contributed by atoms with Crippen LogP contribution in [0.2, 0.25) is 0 Å². The van der Waals surface area contributed by atoms with Crippen molar-refractivity contribution in [3.63, 3.8) is 0 Å². The van der Waals surface area contributed by atoms with Gasteiger partial charge in [-0.3, -0.25) is 9.59 Å². The van der Waals surface area contributed by atoms with Crippen LogP contribution in [0.3, 0.4) is 0 Å². The molecule has 2 aromatic carbocycles. The summed E-state index contributed by atoms with van der Waals surface area (Å²) < 4.78 is 32.5. The van der Waals surface area contributed by atoms with E-state index in [1.54, 1.807) is 4.90 Å². The molecule has 2 aromatic rings. The second-order valence-electron chi connectivity index (χ2n) is 7.01. The fourth-order valence-corrected chi connectivity index (χ4v) is 3.27. The molecule has 0 aliphatic carbocycles. The smallest absolute Gasteiger partial charge is 0.256 e. The molecular formula is C22H24F2N2O3. The average molecular weight is 402 g/mol. The number of aryl methyl sites for hydroxylation is 1. The topological polar surface area (TPSA) is 49.9 Å². The summed E-state index contributed by atoms with van der Waals surface area (Å²) in [5.41, 5.74) is 0.900. The van der Waals surface area contributed by atoms with Gasteiger partial charge >= 0.3 is 0 Å². The van der Waals surface area contributed by atoms with Crippen LogP contribution >= 0.6 is 0 Å². The predicted octanol–water partition coefficient (Wildman–Crippen LogP) is 3.42. The van der Waals surface area contributed by atoms with Gasteiger partial charge < -0.3 is 14.5 Å². The highest BCUT2D eigenvalue weighted by Gasteiger charge is 2.26. The minimum absolute atomic E-state index is 0.0124. The summed E-state index contributed by atoms with van der Waals surface area (Å²) in [6, 6.07) is 10.6. The Bertz CT molecular complexity index is 880. The van der Waals surface area contributed by atoms with Crippen LogP contribution in [-0.2, 0) is 4.79 Å². The molecule has 0 bridgehead atoms. The fourth-order valence-electron chi connectivity index (χ4n) is 3.27. The number of rotatable bonds is 6. The number of carbonyl (C=O) groups is 2. The highest BCUT2D eigenvalue weighted by molar-refractivity contribution is 5.94. The minimum Gasteiger partial charge on any atom is -0.493 e. The predicted molar refractivity (Wildman–Crippen MR) is 105 cm³/mol. The van der Waals surface area contributed by atoms with Gasteiger partial charge in [0, 0.05) is 38.7 Å². The number of benzene rings is 2. The first kappa shape index (κ1) is 20.8. The first-order chi connectivity index (χ1) is 14.0. The molecule has 0 aromatic heterocycles. The van der Waals surface area contributed by atoms with Gasteiger partial charge in [0.2, 0.25) is 5.91 Å². The van der Waals surface area contributed by atoms with Crippen molar-refractivity contribution in [2.75, 3.05) is 32.8 Å². The molecule has 0 N–H and O–H groups in total. The Labute approximate surface area is 168 Å².